The maximum absolute atomic E-state index is 9.90. The zero-order valence-electron chi connectivity index (χ0n) is 9.56. The van der Waals surface area contributed by atoms with Gasteiger partial charge >= 0.3 is 0 Å². The Morgan fingerprint density at radius 3 is 2.25 bits per heavy atom. The second-order valence-electron chi connectivity index (χ2n) is 4.11. The van der Waals surface area contributed by atoms with Crippen LogP contribution in [0.3, 0.4) is 0 Å². The summed E-state index contributed by atoms with van der Waals surface area (Å²) in [6.45, 7) is 0. The highest BCUT2D eigenvalue weighted by Crippen LogP contribution is 2.44. The number of methoxy groups -OCH3 is 2. The summed E-state index contributed by atoms with van der Waals surface area (Å²) in [5.41, 5.74) is 6.76. The van der Waals surface area contributed by atoms with Gasteiger partial charge in [-0.25, -0.2) is 0 Å². The molecule has 2 atom stereocenters. The lowest BCUT2D eigenvalue weighted by Gasteiger charge is -2.34. The topological polar surface area (TPSA) is 64.7 Å². The Bertz CT molecular complexity index is 392. The van der Waals surface area contributed by atoms with E-state index in [2.05, 4.69) is 0 Å². The second kappa shape index (κ2) is 4.22. The lowest BCUT2D eigenvalue weighted by Crippen LogP contribution is -2.37. The molecule has 4 nitrogen and oxygen atoms in total. The van der Waals surface area contributed by atoms with Gasteiger partial charge in [-0.2, -0.15) is 0 Å². The van der Waals surface area contributed by atoms with E-state index in [1.165, 1.54) is 0 Å². The lowest BCUT2D eigenvalue weighted by atomic mass is 9.75. The highest BCUT2D eigenvalue weighted by molar-refractivity contribution is 5.52. The van der Waals surface area contributed by atoms with Crippen LogP contribution in [0.5, 0.6) is 17.2 Å². The molecule has 1 fully saturated rings. The van der Waals surface area contributed by atoms with E-state index < -0.39 is 0 Å². The normalized spacial score (nSPS) is 23.7. The van der Waals surface area contributed by atoms with Crippen molar-refractivity contribution in [2.45, 2.75) is 24.8 Å². The number of nitrogens with two attached hydrogens (primary N) is 1. The van der Waals surface area contributed by atoms with E-state index in [4.69, 9.17) is 15.2 Å². The Hall–Kier alpha value is -1.42. The summed E-state index contributed by atoms with van der Waals surface area (Å²) in [4.78, 5) is 0. The molecule has 1 aromatic carbocycles. The van der Waals surface area contributed by atoms with Crippen molar-refractivity contribution in [2.75, 3.05) is 14.2 Å². The molecule has 4 heteroatoms. The molecule has 16 heavy (non-hydrogen) atoms. The molecule has 3 N–H and O–H groups in total. The van der Waals surface area contributed by atoms with Crippen LogP contribution in [-0.2, 0) is 0 Å². The van der Waals surface area contributed by atoms with Gasteiger partial charge < -0.3 is 20.3 Å². The summed E-state index contributed by atoms with van der Waals surface area (Å²) >= 11 is 0. The van der Waals surface area contributed by atoms with Crippen LogP contribution in [0.2, 0.25) is 0 Å². The van der Waals surface area contributed by atoms with Gasteiger partial charge in [0.05, 0.1) is 14.2 Å². The van der Waals surface area contributed by atoms with Crippen molar-refractivity contribution in [2.24, 2.45) is 5.73 Å². The number of hydrogen-bond donors (Lipinski definition) is 2. The third-order valence-corrected chi connectivity index (χ3v) is 3.26. The van der Waals surface area contributed by atoms with Crippen molar-refractivity contribution in [1.29, 1.82) is 0 Å². The van der Waals surface area contributed by atoms with Crippen LogP contribution in [-0.4, -0.2) is 25.4 Å². The predicted octanol–water partition coefficient (Wildman–Crippen LogP) is 1.61. The zero-order chi connectivity index (χ0) is 11.7. The molecule has 1 aromatic rings. The summed E-state index contributed by atoms with van der Waals surface area (Å²) < 4.78 is 10.3. The van der Waals surface area contributed by atoms with Gasteiger partial charge in [-0.3, -0.25) is 0 Å². The average Bonchev–Trinajstić information content (AvgIpc) is 2.29. The molecule has 0 amide bonds. The Balaban J connectivity index is 2.38. The van der Waals surface area contributed by atoms with Crippen LogP contribution in [0.4, 0.5) is 0 Å². The molecule has 1 aliphatic carbocycles. The van der Waals surface area contributed by atoms with Crippen molar-refractivity contribution in [3.63, 3.8) is 0 Å². The lowest BCUT2D eigenvalue weighted by molar-refractivity contribution is 0.324. The maximum Gasteiger partial charge on any atom is 0.164 e. The van der Waals surface area contributed by atoms with Crippen LogP contribution in [0, 0.1) is 0 Å². The molecule has 0 spiro atoms. The Morgan fingerprint density at radius 2 is 1.81 bits per heavy atom. The molecule has 0 radical (unpaired) electrons. The monoisotopic (exact) mass is 223 g/mol. The molecular weight excluding hydrogens is 206 g/mol. The minimum absolute atomic E-state index is 0.143. The van der Waals surface area contributed by atoms with Crippen LogP contribution in [0.25, 0.3) is 0 Å². The predicted molar refractivity (Wildman–Crippen MR) is 61.2 cm³/mol. The van der Waals surface area contributed by atoms with Crippen molar-refractivity contribution in [1.82, 2.24) is 0 Å². The highest BCUT2D eigenvalue weighted by atomic mass is 16.5. The number of aromatic hydroxyl groups is 1. The fraction of sp³-hybridized carbons (Fsp3) is 0.500. The van der Waals surface area contributed by atoms with Crippen molar-refractivity contribution >= 4 is 0 Å². The first-order chi connectivity index (χ1) is 7.67. The summed E-state index contributed by atoms with van der Waals surface area (Å²) in [5.74, 6) is 1.64. The zero-order valence-corrected chi connectivity index (χ0v) is 9.56. The summed E-state index contributed by atoms with van der Waals surface area (Å²) in [7, 11) is 3.13. The van der Waals surface area contributed by atoms with Gasteiger partial charge in [0, 0.05) is 23.6 Å². The first-order valence-electron chi connectivity index (χ1n) is 5.37. The van der Waals surface area contributed by atoms with E-state index in [0.29, 0.717) is 11.5 Å². The number of phenolic OH excluding ortho intramolecular Hbond substituents is 1. The van der Waals surface area contributed by atoms with Gasteiger partial charge in [0.1, 0.15) is 5.75 Å². The van der Waals surface area contributed by atoms with E-state index in [0.717, 1.165) is 18.4 Å². The first-order valence-corrected chi connectivity index (χ1v) is 5.37. The molecule has 2 unspecified atom stereocenters. The Kier molecular flexibility index (Phi) is 2.92. The summed E-state index contributed by atoms with van der Waals surface area (Å²) in [6, 6.07) is 3.54. The molecule has 0 saturated heterocycles. The number of hydrogen-bond acceptors (Lipinski definition) is 4. The number of ether oxygens (including phenoxy) is 2. The Morgan fingerprint density at radius 1 is 1.19 bits per heavy atom. The molecule has 0 aliphatic heterocycles. The van der Waals surface area contributed by atoms with Crippen LogP contribution in [0.1, 0.15) is 24.3 Å². The minimum Gasteiger partial charge on any atom is -0.508 e. The summed E-state index contributed by atoms with van der Waals surface area (Å²) in [6.07, 6.45) is 2.03. The van der Waals surface area contributed by atoms with Gasteiger partial charge in [0.15, 0.2) is 11.5 Å². The standard InChI is InChI=1S/C12H17NO3/c1-15-11-5-8(7-3-4-9(7)13)10(14)6-12(11)16-2/h5-7,9,14H,3-4,13H2,1-2H3. The van der Waals surface area contributed by atoms with E-state index in [-0.39, 0.29) is 17.7 Å². The third-order valence-electron chi connectivity index (χ3n) is 3.26. The molecule has 0 bridgehead atoms. The minimum atomic E-state index is 0.143. The molecule has 0 heterocycles. The first kappa shape index (κ1) is 11.1. The van der Waals surface area contributed by atoms with Gasteiger partial charge in [0.2, 0.25) is 0 Å². The van der Waals surface area contributed by atoms with E-state index in [1.807, 2.05) is 6.07 Å². The van der Waals surface area contributed by atoms with Crippen LogP contribution < -0.4 is 15.2 Å². The van der Waals surface area contributed by atoms with E-state index in [9.17, 15) is 5.11 Å². The van der Waals surface area contributed by atoms with Gasteiger partial charge in [0.25, 0.3) is 0 Å². The largest absolute Gasteiger partial charge is 0.508 e. The third kappa shape index (κ3) is 1.69. The Labute approximate surface area is 95.0 Å². The number of phenols is 1. The SMILES string of the molecule is COc1cc(O)c(C2CCC2N)cc1OC. The van der Waals surface area contributed by atoms with Crippen LogP contribution >= 0.6 is 0 Å². The second-order valence-corrected chi connectivity index (χ2v) is 4.11. The molecule has 1 aliphatic rings. The van der Waals surface area contributed by atoms with E-state index in [1.54, 1.807) is 20.3 Å². The van der Waals surface area contributed by atoms with Crippen molar-refractivity contribution in [3.8, 4) is 17.2 Å². The maximum atomic E-state index is 9.90. The molecule has 2 rings (SSSR count). The molecule has 0 aromatic heterocycles. The molecule has 1 saturated carbocycles. The average molecular weight is 223 g/mol. The van der Waals surface area contributed by atoms with Gasteiger partial charge in [-0.15, -0.1) is 0 Å². The number of benzene rings is 1. The summed E-state index contributed by atoms with van der Waals surface area (Å²) in [5, 5.41) is 9.90. The van der Waals surface area contributed by atoms with Crippen molar-refractivity contribution in [3.05, 3.63) is 17.7 Å². The fourth-order valence-corrected chi connectivity index (χ4v) is 2.09. The van der Waals surface area contributed by atoms with Crippen LogP contribution in [0.15, 0.2) is 12.1 Å². The molecule has 88 valence electrons. The van der Waals surface area contributed by atoms with E-state index >= 15 is 0 Å². The van der Waals surface area contributed by atoms with Gasteiger partial charge in [-0.1, -0.05) is 0 Å². The quantitative estimate of drug-likeness (QED) is 0.817. The number of rotatable bonds is 3. The fourth-order valence-electron chi connectivity index (χ4n) is 2.09. The smallest absolute Gasteiger partial charge is 0.164 e. The molecular formula is C12H17NO3. The highest BCUT2D eigenvalue weighted by Gasteiger charge is 2.31. The van der Waals surface area contributed by atoms with Crippen molar-refractivity contribution < 1.29 is 14.6 Å². The van der Waals surface area contributed by atoms with Gasteiger partial charge in [-0.05, 0) is 18.9 Å².